The molecule has 0 unspecified atom stereocenters. The van der Waals surface area contributed by atoms with Gasteiger partial charge in [0.2, 0.25) is 0 Å². The van der Waals surface area contributed by atoms with Crippen molar-refractivity contribution in [3.63, 3.8) is 0 Å². The molecule has 1 atom stereocenters. The van der Waals surface area contributed by atoms with Crippen LogP contribution in [0, 0.1) is 11.7 Å². The summed E-state index contributed by atoms with van der Waals surface area (Å²) in [6, 6.07) is 12.2. The number of pyridine rings is 1. The van der Waals surface area contributed by atoms with Crippen molar-refractivity contribution in [1.29, 1.82) is 0 Å². The van der Waals surface area contributed by atoms with E-state index >= 15 is 0 Å². The SMILES string of the molecule is CC(C)c1ccc(C(=O)Nc2ccc(F)cc2C(=O)Nc2ccc(Cl)cn2)c(OC[C@@H]2CCCNC2)c1. The second-order valence-electron chi connectivity index (χ2n) is 9.39. The number of rotatable bonds is 8. The van der Waals surface area contributed by atoms with Gasteiger partial charge in [0, 0.05) is 18.7 Å². The molecule has 2 amide bonds. The Bertz CT molecular complexity index is 1260. The van der Waals surface area contributed by atoms with Crippen LogP contribution >= 0.6 is 11.6 Å². The van der Waals surface area contributed by atoms with Crippen LogP contribution in [0.2, 0.25) is 5.02 Å². The van der Waals surface area contributed by atoms with E-state index in [1.165, 1.54) is 24.4 Å². The first-order chi connectivity index (χ1) is 17.8. The van der Waals surface area contributed by atoms with Gasteiger partial charge in [0.05, 0.1) is 28.4 Å². The summed E-state index contributed by atoms with van der Waals surface area (Å²) in [7, 11) is 0. The van der Waals surface area contributed by atoms with E-state index < -0.39 is 17.6 Å². The van der Waals surface area contributed by atoms with Crippen molar-refractivity contribution in [3.05, 3.63) is 82.3 Å². The van der Waals surface area contributed by atoms with E-state index in [4.69, 9.17) is 16.3 Å². The van der Waals surface area contributed by atoms with E-state index in [0.29, 0.717) is 28.9 Å². The number of nitrogens with one attached hydrogen (secondary N) is 3. The van der Waals surface area contributed by atoms with Crippen LogP contribution in [0.1, 0.15) is 58.9 Å². The number of benzene rings is 2. The van der Waals surface area contributed by atoms with Crippen LogP contribution in [0.3, 0.4) is 0 Å². The Morgan fingerprint density at radius 2 is 1.92 bits per heavy atom. The van der Waals surface area contributed by atoms with Gasteiger partial charge in [-0.25, -0.2) is 9.37 Å². The molecule has 1 aliphatic heterocycles. The lowest BCUT2D eigenvalue weighted by molar-refractivity contribution is 0.102. The second kappa shape index (κ2) is 12.2. The lowest BCUT2D eigenvalue weighted by Crippen LogP contribution is -2.33. The summed E-state index contributed by atoms with van der Waals surface area (Å²) in [6.07, 6.45) is 3.54. The molecule has 0 saturated carbocycles. The summed E-state index contributed by atoms with van der Waals surface area (Å²) < 4.78 is 20.2. The molecule has 2 heterocycles. The van der Waals surface area contributed by atoms with Crippen LogP contribution in [0.5, 0.6) is 5.75 Å². The quantitative estimate of drug-likeness (QED) is 0.342. The fourth-order valence-corrected chi connectivity index (χ4v) is 4.23. The minimum Gasteiger partial charge on any atom is -0.492 e. The number of carbonyl (C=O) groups is 2. The lowest BCUT2D eigenvalue weighted by atomic mass is 9.99. The molecule has 1 fully saturated rings. The van der Waals surface area contributed by atoms with E-state index in [1.807, 2.05) is 12.1 Å². The molecule has 3 N–H and O–H groups in total. The number of carbonyl (C=O) groups excluding carboxylic acids is 2. The molecule has 1 aliphatic rings. The molecule has 0 radical (unpaired) electrons. The summed E-state index contributed by atoms with van der Waals surface area (Å²) in [5.41, 5.74) is 1.50. The molecular formula is C28H30ClFN4O3. The van der Waals surface area contributed by atoms with E-state index in [-0.39, 0.29) is 23.0 Å². The van der Waals surface area contributed by atoms with Crippen LogP contribution in [0.4, 0.5) is 15.9 Å². The van der Waals surface area contributed by atoms with Crippen LogP contribution in [0.25, 0.3) is 0 Å². The third-order valence-electron chi connectivity index (χ3n) is 6.23. The van der Waals surface area contributed by atoms with Gasteiger partial charge in [-0.2, -0.15) is 0 Å². The molecule has 0 aliphatic carbocycles. The highest BCUT2D eigenvalue weighted by atomic mass is 35.5. The number of piperidine rings is 1. The summed E-state index contributed by atoms with van der Waals surface area (Å²) >= 11 is 5.85. The number of halogens is 2. The third-order valence-corrected chi connectivity index (χ3v) is 6.46. The molecule has 7 nitrogen and oxygen atoms in total. The number of anilines is 2. The van der Waals surface area contributed by atoms with Gasteiger partial charge < -0.3 is 20.7 Å². The molecular weight excluding hydrogens is 495 g/mol. The van der Waals surface area contributed by atoms with Gasteiger partial charge in [-0.1, -0.05) is 31.5 Å². The topological polar surface area (TPSA) is 92.4 Å². The Balaban J connectivity index is 1.56. The summed E-state index contributed by atoms with van der Waals surface area (Å²) in [5.74, 6) is -0.358. The molecule has 1 aromatic heterocycles. The van der Waals surface area contributed by atoms with Crippen molar-refractivity contribution in [2.24, 2.45) is 5.92 Å². The number of ether oxygens (including phenoxy) is 1. The van der Waals surface area contributed by atoms with E-state index in [1.54, 1.807) is 12.1 Å². The van der Waals surface area contributed by atoms with Crippen LogP contribution in [-0.4, -0.2) is 36.5 Å². The Hall–Kier alpha value is -3.49. The molecule has 4 rings (SSSR count). The van der Waals surface area contributed by atoms with Gasteiger partial charge >= 0.3 is 0 Å². The molecule has 9 heteroatoms. The first kappa shape index (κ1) is 26.6. The van der Waals surface area contributed by atoms with Crippen molar-refractivity contribution < 1.29 is 18.7 Å². The fraction of sp³-hybridized carbons (Fsp3) is 0.321. The monoisotopic (exact) mass is 524 g/mol. The Labute approximate surface area is 220 Å². The molecule has 1 saturated heterocycles. The molecule has 37 heavy (non-hydrogen) atoms. The largest absolute Gasteiger partial charge is 0.492 e. The van der Waals surface area contributed by atoms with E-state index in [9.17, 15) is 14.0 Å². The van der Waals surface area contributed by atoms with Crippen molar-refractivity contribution in [1.82, 2.24) is 10.3 Å². The van der Waals surface area contributed by atoms with E-state index in [2.05, 4.69) is 34.8 Å². The maximum absolute atomic E-state index is 14.1. The first-order valence-corrected chi connectivity index (χ1v) is 12.7. The summed E-state index contributed by atoms with van der Waals surface area (Å²) in [5, 5.41) is 9.14. The third kappa shape index (κ3) is 7.05. The molecule has 3 aromatic rings. The Morgan fingerprint density at radius 3 is 2.62 bits per heavy atom. The highest BCUT2D eigenvalue weighted by Crippen LogP contribution is 2.28. The van der Waals surface area contributed by atoms with Crippen molar-refractivity contribution in [2.75, 3.05) is 30.3 Å². The van der Waals surface area contributed by atoms with Gasteiger partial charge in [-0.15, -0.1) is 0 Å². The van der Waals surface area contributed by atoms with Crippen molar-refractivity contribution in [2.45, 2.75) is 32.6 Å². The van der Waals surface area contributed by atoms with Crippen LogP contribution < -0.4 is 20.7 Å². The normalized spacial score (nSPS) is 15.3. The second-order valence-corrected chi connectivity index (χ2v) is 9.83. The van der Waals surface area contributed by atoms with Gasteiger partial charge in [-0.3, -0.25) is 9.59 Å². The fourth-order valence-electron chi connectivity index (χ4n) is 4.12. The number of aromatic nitrogens is 1. The summed E-state index contributed by atoms with van der Waals surface area (Å²) in [6.45, 7) is 6.52. The van der Waals surface area contributed by atoms with Gasteiger partial charge in [0.25, 0.3) is 11.8 Å². The first-order valence-electron chi connectivity index (χ1n) is 12.3. The minimum atomic E-state index is -0.624. The predicted molar refractivity (Wildman–Crippen MR) is 143 cm³/mol. The highest BCUT2D eigenvalue weighted by molar-refractivity contribution is 6.30. The van der Waals surface area contributed by atoms with Crippen molar-refractivity contribution in [3.8, 4) is 5.75 Å². The molecule has 0 bridgehead atoms. The summed E-state index contributed by atoms with van der Waals surface area (Å²) in [4.78, 5) is 30.3. The molecule has 2 aromatic carbocycles. The van der Waals surface area contributed by atoms with Crippen LogP contribution in [0.15, 0.2) is 54.7 Å². The minimum absolute atomic E-state index is 0.0420. The Morgan fingerprint density at radius 1 is 1.11 bits per heavy atom. The average molecular weight is 525 g/mol. The average Bonchev–Trinajstić information content (AvgIpc) is 2.90. The number of hydrogen-bond donors (Lipinski definition) is 3. The van der Waals surface area contributed by atoms with E-state index in [0.717, 1.165) is 37.6 Å². The van der Waals surface area contributed by atoms with Crippen molar-refractivity contribution >= 4 is 34.9 Å². The van der Waals surface area contributed by atoms with Crippen LogP contribution in [-0.2, 0) is 0 Å². The number of amides is 2. The maximum Gasteiger partial charge on any atom is 0.259 e. The van der Waals surface area contributed by atoms with Gasteiger partial charge in [0.15, 0.2) is 0 Å². The zero-order valence-electron chi connectivity index (χ0n) is 20.8. The zero-order valence-corrected chi connectivity index (χ0v) is 21.6. The lowest BCUT2D eigenvalue weighted by Gasteiger charge is -2.24. The molecule has 0 spiro atoms. The number of hydrogen-bond acceptors (Lipinski definition) is 5. The van der Waals surface area contributed by atoms with Gasteiger partial charge in [-0.05, 0) is 73.3 Å². The zero-order chi connectivity index (χ0) is 26.4. The highest BCUT2D eigenvalue weighted by Gasteiger charge is 2.21. The number of nitrogens with zero attached hydrogens (tertiary/aromatic N) is 1. The smallest absolute Gasteiger partial charge is 0.259 e. The predicted octanol–water partition coefficient (Wildman–Crippen LogP) is 5.88. The molecule has 194 valence electrons. The Kier molecular flexibility index (Phi) is 8.74. The standard InChI is InChI=1S/C28H30ClFN4O3/c1-17(2)19-5-8-22(25(12-19)37-16-18-4-3-11-31-14-18)27(35)33-24-9-7-21(30)13-23(24)28(36)34-26-10-6-20(29)15-32-26/h5-10,12-13,15,17-18,31H,3-4,11,14,16H2,1-2H3,(H,33,35)(H,32,34,36)/t18-/m1/s1. The van der Waals surface area contributed by atoms with Gasteiger partial charge in [0.1, 0.15) is 17.4 Å². The maximum atomic E-state index is 14.1.